The van der Waals surface area contributed by atoms with Gasteiger partial charge in [0.2, 0.25) is 5.95 Å². The lowest BCUT2D eigenvalue weighted by molar-refractivity contribution is 0.321. The molecule has 0 amide bonds. The van der Waals surface area contributed by atoms with Crippen molar-refractivity contribution in [2.75, 3.05) is 37.9 Å². The molecule has 154 valence electrons. The quantitative estimate of drug-likeness (QED) is 0.656. The number of hydrogen-bond acceptors (Lipinski definition) is 7. The molecule has 1 aliphatic carbocycles. The fraction of sp³-hybridized carbons (Fsp3) is 0.455. The Hall–Kier alpha value is -2.80. The highest BCUT2D eigenvalue weighted by Crippen LogP contribution is 2.33. The molecule has 4 rings (SSSR count). The summed E-state index contributed by atoms with van der Waals surface area (Å²) in [6, 6.07) is 8.43. The monoisotopic (exact) mass is 395 g/mol. The Balaban J connectivity index is 1.42. The average molecular weight is 396 g/mol. The molecular formula is C22H29N5O2. The second kappa shape index (κ2) is 8.69. The van der Waals surface area contributed by atoms with Gasteiger partial charge in [-0.3, -0.25) is 4.90 Å². The maximum atomic E-state index is 5.93. The second-order valence-corrected chi connectivity index (χ2v) is 7.68. The molecule has 0 spiro atoms. The smallest absolute Gasteiger partial charge is 0.229 e. The van der Waals surface area contributed by atoms with Gasteiger partial charge >= 0.3 is 0 Å². The fourth-order valence-electron chi connectivity index (χ4n) is 3.70. The van der Waals surface area contributed by atoms with Crippen LogP contribution in [-0.4, -0.2) is 48.2 Å². The summed E-state index contributed by atoms with van der Waals surface area (Å²) < 4.78 is 11.4. The number of rotatable bonds is 8. The van der Waals surface area contributed by atoms with Crippen LogP contribution in [0.15, 0.2) is 36.6 Å². The number of aromatic nitrogens is 2. The van der Waals surface area contributed by atoms with Crippen LogP contribution in [0.5, 0.6) is 11.5 Å². The van der Waals surface area contributed by atoms with Crippen molar-refractivity contribution in [3.8, 4) is 11.5 Å². The Kier molecular flexibility index (Phi) is 5.85. The largest absolute Gasteiger partial charge is 0.493 e. The Morgan fingerprint density at radius 1 is 1.14 bits per heavy atom. The van der Waals surface area contributed by atoms with Crippen molar-refractivity contribution in [1.82, 2.24) is 14.9 Å². The van der Waals surface area contributed by atoms with Gasteiger partial charge in [0.15, 0.2) is 11.5 Å². The van der Waals surface area contributed by atoms with Crippen LogP contribution < -0.4 is 20.1 Å². The van der Waals surface area contributed by atoms with E-state index in [0.29, 0.717) is 23.4 Å². The van der Waals surface area contributed by atoms with Crippen LogP contribution in [0.3, 0.4) is 0 Å². The first-order chi connectivity index (χ1) is 14.1. The van der Waals surface area contributed by atoms with Crippen molar-refractivity contribution >= 4 is 17.5 Å². The van der Waals surface area contributed by atoms with Gasteiger partial charge in [-0.2, -0.15) is 4.98 Å². The molecule has 0 bridgehead atoms. The summed E-state index contributed by atoms with van der Waals surface area (Å²) in [4.78, 5) is 11.5. The zero-order valence-corrected chi connectivity index (χ0v) is 17.3. The molecule has 0 radical (unpaired) electrons. The van der Waals surface area contributed by atoms with E-state index in [1.807, 2.05) is 38.2 Å². The van der Waals surface area contributed by atoms with Gasteiger partial charge in [-0.05, 0) is 56.9 Å². The van der Waals surface area contributed by atoms with Crippen molar-refractivity contribution < 1.29 is 9.47 Å². The Morgan fingerprint density at radius 3 is 2.76 bits per heavy atom. The number of hydrogen-bond donors (Lipinski definition) is 2. The van der Waals surface area contributed by atoms with Gasteiger partial charge in [-0.15, -0.1) is 0 Å². The Labute approximate surface area is 172 Å². The zero-order chi connectivity index (χ0) is 20.2. The molecule has 7 nitrogen and oxygen atoms in total. The molecule has 2 aromatic rings. The molecule has 2 heterocycles. The van der Waals surface area contributed by atoms with Crippen molar-refractivity contribution in [3.05, 3.63) is 42.3 Å². The van der Waals surface area contributed by atoms with Gasteiger partial charge in [0.1, 0.15) is 5.82 Å². The molecule has 1 aliphatic heterocycles. The van der Waals surface area contributed by atoms with E-state index in [0.717, 1.165) is 29.8 Å². The number of benzene rings is 1. The van der Waals surface area contributed by atoms with Crippen LogP contribution in [0.2, 0.25) is 0 Å². The third-order valence-electron chi connectivity index (χ3n) is 5.40. The predicted octanol–water partition coefficient (Wildman–Crippen LogP) is 3.96. The SMILES string of the molecule is CNc1cc(C)nc(Nc2ccc(OC)c(OC=C[C@@H]3CCN(C4CC4)C3)c2)n1. The highest BCUT2D eigenvalue weighted by Gasteiger charge is 2.33. The predicted molar refractivity (Wildman–Crippen MR) is 115 cm³/mol. The number of methoxy groups -OCH3 is 1. The number of anilines is 3. The van der Waals surface area contributed by atoms with E-state index in [4.69, 9.17) is 9.47 Å². The standard InChI is InChI=1S/C22H29N5O2/c1-15-12-21(23-2)26-22(24-15)25-17-4-7-19(28-3)20(13-17)29-11-9-16-8-10-27(14-16)18-5-6-18/h4,7,9,11-13,16,18H,5-6,8,10,14H2,1-3H3,(H2,23,24,25,26)/t16-/m0/s1. The summed E-state index contributed by atoms with van der Waals surface area (Å²) in [5.74, 6) is 3.21. The normalized spacial score (nSPS) is 19.5. The lowest BCUT2D eigenvalue weighted by Crippen LogP contribution is -2.22. The first-order valence-corrected chi connectivity index (χ1v) is 10.2. The van der Waals surface area contributed by atoms with Crippen LogP contribution in [0.25, 0.3) is 0 Å². The zero-order valence-electron chi connectivity index (χ0n) is 17.3. The third-order valence-corrected chi connectivity index (χ3v) is 5.40. The summed E-state index contributed by atoms with van der Waals surface area (Å²) in [6.45, 7) is 4.28. The summed E-state index contributed by atoms with van der Waals surface area (Å²) in [5.41, 5.74) is 1.72. The number of nitrogens with zero attached hydrogens (tertiary/aromatic N) is 3. The second-order valence-electron chi connectivity index (χ2n) is 7.68. The number of nitrogens with one attached hydrogen (secondary N) is 2. The molecular weight excluding hydrogens is 366 g/mol. The van der Waals surface area contributed by atoms with Gasteiger partial charge in [0.05, 0.1) is 13.4 Å². The van der Waals surface area contributed by atoms with Gasteiger partial charge in [-0.1, -0.05) is 0 Å². The van der Waals surface area contributed by atoms with Gasteiger partial charge in [0, 0.05) is 43.1 Å². The van der Waals surface area contributed by atoms with E-state index >= 15 is 0 Å². The minimum absolute atomic E-state index is 0.534. The first-order valence-electron chi connectivity index (χ1n) is 10.2. The van der Waals surface area contributed by atoms with Crippen molar-refractivity contribution in [2.45, 2.75) is 32.2 Å². The minimum atomic E-state index is 0.534. The van der Waals surface area contributed by atoms with E-state index in [1.165, 1.54) is 25.8 Å². The highest BCUT2D eigenvalue weighted by atomic mass is 16.5. The van der Waals surface area contributed by atoms with Crippen LogP contribution in [-0.2, 0) is 0 Å². The summed E-state index contributed by atoms with van der Waals surface area (Å²) >= 11 is 0. The van der Waals surface area contributed by atoms with E-state index in [-0.39, 0.29) is 0 Å². The molecule has 29 heavy (non-hydrogen) atoms. The maximum Gasteiger partial charge on any atom is 0.229 e. The molecule has 0 unspecified atom stereocenters. The molecule has 1 saturated carbocycles. The van der Waals surface area contributed by atoms with Crippen LogP contribution in [0, 0.1) is 12.8 Å². The van der Waals surface area contributed by atoms with Gasteiger partial charge in [-0.25, -0.2) is 4.98 Å². The number of ether oxygens (including phenoxy) is 2. The van der Waals surface area contributed by atoms with Crippen molar-refractivity contribution in [2.24, 2.45) is 5.92 Å². The van der Waals surface area contributed by atoms with Gasteiger partial charge in [0.25, 0.3) is 0 Å². The average Bonchev–Trinajstić information content (AvgIpc) is 3.46. The van der Waals surface area contributed by atoms with Gasteiger partial charge < -0.3 is 20.1 Å². The third kappa shape index (κ3) is 4.98. The molecule has 1 aromatic heterocycles. The minimum Gasteiger partial charge on any atom is -0.493 e. The fourth-order valence-corrected chi connectivity index (χ4v) is 3.70. The topological polar surface area (TPSA) is 71.5 Å². The first kappa shape index (κ1) is 19.5. The van der Waals surface area contributed by atoms with E-state index in [1.54, 1.807) is 13.4 Å². The van der Waals surface area contributed by atoms with Crippen LogP contribution in [0.4, 0.5) is 17.5 Å². The Morgan fingerprint density at radius 2 is 2.00 bits per heavy atom. The summed E-state index contributed by atoms with van der Waals surface area (Å²) in [5, 5.41) is 6.28. The number of aryl methyl sites for hydroxylation is 1. The molecule has 1 atom stereocenters. The highest BCUT2D eigenvalue weighted by molar-refractivity contribution is 5.60. The molecule has 2 fully saturated rings. The maximum absolute atomic E-state index is 5.93. The molecule has 2 N–H and O–H groups in total. The molecule has 1 aromatic carbocycles. The van der Waals surface area contributed by atoms with Crippen LogP contribution in [0.1, 0.15) is 25.0 Å². The van der Waals surface area contributed by atoms with E-state index < -0.39 is 0 Å². The van der Waals surface area contributed by atoms with Crippen LogP contribution >= 0.6 is 0 Å². The lowest BCUT2D eigenvalue weighted by atomic mass is 10.1. The summed E-state index contributed by atoms with van der Waals surface area (Å²) in [6.07, 6.45) is 7.90. The van der Waals surface area contributed by atoms with E-state index in [9.17, 15) is 0 Å². The Bertz CT molecular complexity index is 882. The van der Waals surface area contributed by atoms with Crippen molar-refractivity contribution in [1.29, 1.82) is 0 Å². The van der Waals surface area contributed by atoms with Crippen molar-refractivity contribution in [3.63, 3.8) is 0 Å². The van der Waals surface area contributed by atoms with E-state index in [2.05, 4.69) is 31.6 Å². The molecule has 7 heteroatoms. The lowest BCUT2D eigenvalue weighted by Gasteiger charge is -2.13. The molecule has 2 aliphatic rings. The summed E-state index contributed by atoms with van der Waals surface area (Å²) in [7, 11) is 3.48. The number of likely N-dealkylation sites (tertiary alicyclic amines) is 1. The molecule has 1 saturated heterocycles.